The van der Waals surface area contributed by atoms with Crippen LogP contribution in [-0.2, 0) is 6.54 Å². The minimum atomic E-state index is -0.187. The molecule has 0 spiro atoms. The topological polar surface area (TPSA) is 12.0 Å². The van der Waals surface area contributed by atoms with Gasteiger partial charge in [-0.15, -0.1) is 0 Å². The fourth-order valence-corrected chi connectivity index (χ4v) is 2.09. The third-order valence-corrected chi connectivity index (χ3v) is 3.07. The highest BCUT2D eigenvalue weighted by Crippen LogP contribution is 2.27. The van der Waals surface area contributed by atoms with Gasteiger partial charge in [0.25, 0.3) is 0 Å². The van der Waals surface area contributed by atoms with Gasteiger partial charge in [0.1, 0.15) is 5.82 Å². The average Bonchev–Trinajstić information content (AvgIpc) is 2.38. The summed E-state index contributed by atoms with van der Waals surface area (Å²) in [5, 5.41) is 3.29. The summed E-state index contributed by atoms with van der Waals surface area (Å²) in [6.07, 6.45) is 0. The van der Waals surface area contributed by atoms with Crippen molar-refractivity contribution in [2.24, 2.45) is 0 Å². The zero-order valence-corrected chi connectivity index (χ0v) is 10.8. The maximum atomic E-state index is 13.5. The molecular formula is C16H18FN. The molecule has 0 radical (unpaired) electrons. The fraction of sp³-hybridized carbons (Fsp3) is 0.250. The second-order valence-corrected chi connectivity index (χ2v) is 4.40. The highest BCUT2D eigenvalue weighted by molar-refractivity contribution is 5.70. The van der Waals surface area contributed by atoms with Crippen molar-refractivity contribution < 1.29 is 4.39 Å². The third kappa shape index (κ3) is 2.77. The molecule has 0 aliphatic carbocycles. The number of nitrogens with one attached hydrogen (secondary N) is 1. The van der Waals surface area contributed by atoms with Gasteiger partial charge in [0.05, 0.1) is 0 Å². The van der Waals surface area contributed by atoms with Crippen molar-refractivity contribution in [2.45, 2.75) is 20.4 Å². The van der Waals surface area contributed by atoms with Gasteiger partial charge in [-0.25, -0.2) is 4.39 Å². The summed E-state index contributed by atoms with van der Waals surface area (Å²) in [5.74, 6) is -0.187. The molecule has 0 aliphatic rings. The first kappa shape index (κ1) is 12.8. The molecule has 0 heterocycles. The number of halogens is 1. The van der Waals surface area contributed by atoms with E-state index in [1.807, 2.05) is 24.3 Å². The van der Waals surface area contributed by atoms with E-state index < -0.39 is 0 Å². The molecule has 0 bridgehead atoms. The van der Waals surface area contributed by atoms with E-state index in [1.165, 1.54) is 11.6 Å². The number of hydrogen-bond acceptors (Lipinski definition) is 1. The second kappa shape index (κ2) is 5.78. The fourth-order valence-electron chi connectivity index (χ4n) is 2.09. The lowest BCUT2D eigenvalue weighted by Crippen LogP contribution is -2.12. The van der Waals surface area contributed by atoms with Crippen LogP contribution >= 0.6 is 0 Å². The summed E-state index contributed by atoms with van der Waals surface area (Å²) in [6, 6.07) is 13.1. The molecule has 1 nitrogen and oxygen atoms in total. The highest BCUT2D eigenvalue weighted by Gasteiger charge is 2.08. The van der Waals surface area contributed by atoms with E-state index >= 15 is 0 Å². The van der Waals surface area contributed by atoms with Crippen molar-refractivity contribution in [3.05, 3.63) is 59.4 Å². The quantitative estimate of drug-likeness (QED) is 0.858. The molecule has 2 rings (SSSR count). The minimum Gasteiger partial charge on any atom is -0.313 e. The van der Waals surface area contributed by atoms with Crippen LogP contribution in [0.15, 0.2) is 42.5 Å². The van der Waals surface area contributed by atoms with Crippen molar-refractivity contribution >= 4 is 0 Å². The van der Waals surface area contributed by atoms with E-state index in [9.17, 15) is 4.39 Å². The Hall–Kier alpha value is -1.67. The monoisotopic (exact) mass is 243 g/mol. The Bertz CT molecular complexity index is 534. The maximum Gasteiger partial charge on any atom is 0.123 e. The molecule has 0 saturated carbocycles. The molecule has 2 heteroatoms. The van der Waals surface area contributed by atoms with Gasteiger partial charge in [0.15, 0.2) is 0 Å². The molecule has 94 valence electrons. The predicted octanol–water partition coefficient (Wildman–Crippen LogP) is 3.91. The van der Waals surface area contributed by atoms with Gasteiger partial charge in [-0.3, -0.25) is 0 Å². The Labute approximate surface area is 108 Å². The van der Waals surface area contributed by atoms with E-state index in [-0.39, 0.29) is 5.82 Å². The molecule has 0 atom stereocenters. The first-order chi connectivity index (χ1) is 8.72. The van der Waals surface area contributed by atoms with Crippen LogP contribution in [-0.4, -0.2) is 6.54 Å². The Morgan fingerprint density at radius 3 is 2.56 bits per heavy atom. The van der Waals surface area contributed by atoms with Crippen LogP contribution in [0.3, 0.4) is 0 Å². The summed E-state index contributed by atoms with van der Waals surface area (Å²) >= 11 is 0. The van der Waals surface area contributed by atoms with Gasteiger partial charge >= 0.3 is 0 Å². The zero-order valence-electron chi connectivity index (χ0n) is 10.8. The molecular weight excluding hydrogens is 225 g/mol. The first-order valence-electron chi connectivity index (χ1n) is 6.27. The van der Waals surface area contributed by atoms with Gasteiger partial charge in [-0.1, -0.05) is 37.3 Å². The summed E-state index contributed by atoms with van der Waals surface area (Å²) in [4.78, 5) is 0. The van der Waals surface area contributed by atoms with Gasteiger partial charge in [0.2, 0.25) is 0 Å². The van der Waals surface area contributed by atoms with E-state index in [1.54, 1.807) is 6.07 Å². The van der Waals surface area contributed by atoms with E-state index in [4.69, 9.17) is 0 Å². The second-order valence-electron chi connectivity index (χ2n) is 4.40. The standard InChI is InChI=1S/C16H18FN/c1-3-18-11-13-8-9-14(17)10-16(13)15-7-5-4-6-12(15)2/h4-10,18H,3,11H2,1-2H3. The van der Waals surface area contributed by atoms with Crippen LogP contribution in [0.25, 0.3) is 11.1 Å². The maximum absolute atomic E-state index is 13.5. The molecule has 0 amide bonds. The van der Waals surface area contributed by atoms with Crippen LogP contribution in [0.4, 0.5) is 4.39 Å². The number of hydrogen-bond donors (Lipinski definition) is 1. The first-order valence-corrected chi connectivity index (χ1v) is 6.27. The van der Waals surface area contributed by atoms with E-state index in [0.29, 0.717) is 0 Å². The molecule has 18 heavy (non-hydrogen) atoms. The SMILES string of the molecule is CCNCc1ccc(F)cc1-c1ccccc1C. The number of rotatable bonds is 4. The van der Waals surface area contributed by atoms with Crippen molar-refractivity contribution in [3.8, 4) is 11.1 Å². The lowest BCUT2D eigenvalue weighted by molar-refractivity contribution is 0.626. The molecule has 1 N–H and O–H groups in total. The van der Waals surface area contributed by atoms with Crippen molar-refractivity contribution in [1.82, 2.24) is 5.32 Å². The average molecular weight is 243 g/mol. The largest absolute Gasteiger partial charge is 0.313 e. The highest BCUT2D eigenvalue weighted by atomic mass is 19.1. The molecule has 2 aromatic carbocycles. The Kier molecular flexibility index (Phi) is 4.11. The zero-order chi connectivity index (χ0) is 13.0. The normalized spacial score (nSPS) is 10.6. The summed E-state index contributed by atoms with van der Waals surface area (Å²) in [7, 11) is 0. The third-order valence-electron chi connectivity index (χ3n) is 3.07. The summed E-state index contributed by atoms with van der Waals surface area (Å²) < 4.78 is 13.5. The van der Waals surface area contributed by atoms with Gasteiger partial charge in [-0.2, -0.15) is 0 Å². The van der Waals surface area contributed by atoms with E-state index in [0.717, 1.165) is 29.8 Å². The molecule has 0 saturated heterocycles. The molecule has 0 aliphatic heterocycles. The molecule has 2 aromatic rings. The Morgan fingerprint density at radius 2 is 1.83 bits per heavy atom. The summed E-state index contributed by atoms with van der Waals surface area (Å²) in [6.45, 7) is 5.79. The lowest BCUT2D eigenvalue weighted by atomic mass is 9.96. The minimum absolute atomic E-state index is 0.187. The molecule has 0 unspecified atom stereocenters. The number of benzene rings is 2. The van der Waals surface area contributed by atoms with Crippen LogP contribution < -0.4 is 5.32 Å². The van der Waals surface area contributed by atoms with Gasteiger partial charge in [-0.05, 0) is 47.9 Å². The van der Waals surface area contributed by atoms with Crippen LogP contribution in [0, 0.1) is 12.7 Å². The summed E-state index contributed by atoms with van der Waals surface area (Å²) in [5.41, 5.74) is 4.38. The van der Waals surface area contributed by atoms with Crippen LogP contribution in [0.5, 0.6) is 0 Å². The van der Waals surface area contributed by atoms with Crippen LogP contribution in [0.1, 0.15) is 18.1 Å². The van der Waals surface area contributed by atoms with Gasteiger partial charge < -0.3 is 5.32 Å². The lowest BCUT2D eigenvalue weighted by Gasteiger charge is -2.12. The van der Waals surface area contributed by atoms with E-state index in [2.05, 4.69) is 25.2 Å². The van der Waals surface area contributed by atoms with Crippen molar-refractivity contribution in [2.75, 3.05) is 6.54 Å². The predicted molar refractivity (Wildman–Crippen MR) is 74.0 cm³/mol. The number of aryl methyl sites for hydroxylation is 1. The Balaban J connectivity index is 2.48. The van der Waals surface area contributed by atoms with Crippen LogP contribution in [0.2, 0.25) is 0 Å². The smallest absolute Gasteiger partial charge is 0.123 e. The van der Waals surface area contributed by atoms with Gasteiger partial charge in [0, 0.05) is 6.54 Å². The molecule has 0 fully saturated rings. The molecule has 0 aromatic heterocycles. The Morgan fingerprint density at radius 1 is 1.06 bits per heavy atom. The van der Waals surface area contributed by atoms with Crippen molar-refractivity contribution in [1.29, 1.82) is 0 Å². The van der Waals surface area contributed by atoms with Crippen molar-refractivity contribution in [3.63, 3.8) is 0 Å².